The van der Waals surface area contributed by atoms with Crippen molar-refractivity contribution in [3.05, 3.63) is 12.2 Å². The Kier molecular flexibility index (Phi) is 4.69. The molecule has 1 heterocycles. The molecule has 5 aliphatic rings. The minimum Gasteiger partial charge on any atom is -0.386 e. The van der Waals surface area contributed by atoms with Gasteiger partial charge in [-0.15, -0.1) is 0 Å². The lowest BCUT2D eigenvalue weighted by atomic mass is 9.44. The number of hydrogen-bond acceptors (Lipinski definition) is 3. The highest BCUT2D eigenvalue weighted by Gasteiger charge is 2.63. The minimum absolute atomic E-state index is 0.127. The lowest BCUT2D eigenvalue weighted by molar-refractivity contribution is -0.638. The van der Waals surface area contributed by atoms with E-state index in [0.29, 0.717) is 24.2 Å². The fourth-order valence-corrected chi connectivity index (χ4v) is 7.85. The van der Waals surface area contributed by atoms with Crippen molar-refractivity contribution in [1.82, 2.24) is 0 Å². The average Bonchev–Trinajstić information content (AvgIpc) is 3.29. The molecule has 1 aliphatic heterocycles. The average molecular weight is 404 g/mol. The minimum atomic E-state index is -1.25. The third-order valence-electron chi connectivity index (χ3n) is 9.61. The lowest BCUT2D eigenvalue weighted by Crippen LogP contribution is -2.81. The smallest absolute Gasteiger partial charge is 0.181 e. The Balaban J connectivity index is 1.36. The molecule has 4 aliphatic carbocycles. The molecule has 2 N–H and O–H groups in total. The van der Waals surface area contributed by atoms with Gasteiger partial charge in [-0.3, -0.25) is 4.79 Å². The van der Waals surface area contributed by atoms with Crippen LogP contribution in [0.3, 0.4) is 0 Å². The van der Waals surface area contributed by atoms with E-state index < -0.39 is 11.6 Å². The zero-order valence-electron chi connectivity index (χ0n) is 18.0. The van der Waals surface area contributed by atoms with E-state index in [1.165, 1.54) is 11.3 Å². The number of rotatable bonds is 2. The van der Waals surface area contributed by atoms with Crippen molar-refractivity contribution in [3.63, 3.8) is 0 Å². The van der Waals surface area contributed by atoms with Crippen molar-refractivity contribution < 1.29 is 19.3 Å². The summed E-state index contributed by atoms with van der Waals surface area (Å²) in [6.45, 7) is 11.1. The quantitative estimate of drug-likeness (QED) is 0.567. The first kappa shape index (κ1) is 19.7. The highest BCUT2D eigenvalue weighted by atomic mass is 19.1. The van der Waals surface area contributed by atoms with Crippen molar-refractivity contribution in [2.24, 2.45) is 39.7 Å². The Bertz CT molecular complexity index is 745. The van der Waals surface area contributed by atoms with Gasteiger partial charge in [-0.05, 0) is 74.0 Å². The molecule has 1 saturated heterocycles. The van der Waals surface area contributed by atoms with Gasteiger partial charge in [0.25, 0.3) is 0 Å². The van der Waals surface area contributed by atoms with E-state index >= 15 is 0 Å². The summed E-state index contributed by atoms with van der Waals surface area (Å²) in [4.78, 5) is 18.4. The molecule has 5 fully saturated rings. The fourth-order valence-electron chi connectivity index (χ4n) is 7.85. The van der Waals surface area contributed by atoms with Gasteiger partial charge in [0.05, 0.1) is 12.3 Å². The van der Waals surface area contributed by atoms with Crippen molar-refractivity contribution in [3.8, 4) is 0 Å². The molecule has 0 radical (unpaired) electrons. The predicted octanol–water partition coefficient (Wildman–Crippen LogP) is 3.42. The number of quaternary nitrogens is 1. The molecule has 0 bridgehead atoms. The third-order valence-corrected chi connectivity index (χ3v) is 9.61. The molecule has 8 atom stereocenters. The molecular formula is C24H36FN2O2+. The summed E-state index contributed by atoms with van der Waals surface area (Å²) in [6.07, 6.45) is 6.45. The van der Waals surface area contributed by atoms with E-state index in [2.05, 4.69) is 24.0 Å². The maximum Gasteiger partial charge on any atom is 0.181 e. The molecule has 0 amide bonds. The lowest BCUT2D eigenvalue weighted by Gasteiger charge is -2.60. The molecule has 3 unspecified atom stereocenters. The number of fused-ring (bicyclic) bond motifs is 5. The molecule has 160 valence electrons. The zero-order valence-corrected chi connectivity index (χ0v) is 18.0. The summed E-state index contributed by atoms with van der Waals surface area (Å²) in [7, 11) is 0. The van der Waals surface area contributed by atoms with Crippen LogP contribution in [0.25, 0.3) is 0 Å². The summed E-state index contributed by atoms with van der Waals surface area (Å²) in [5, 5.41) is 6.86. The molecule has 29 heavy (non-hydrogen) atoms. The number of Topliss-reactive ketones (excluding diaryl/α,β-unsaturated/α-hetero) is 1. The van der Waals surface area contributed by atoms with Crippen LogP contribution in [0, 0.1) is 34.5 Å². The van der Waals surface area contributed by atoms with E-state index in [0.717, 1.165) is 58.0 Å². The first-order chi connectivity index (χ1) is 13.8. The van der Waals surface area contributed by atoms with Gasteiger partial charge in [0, 0.05) is 11.8 Å². The van der Waals surface area contributed by atoms with Gasteiger partial charge < -0.3 is 10.2 Å². The van der Waals surface area contributed by atoms with Gasteiger partial charge in [0.2, 0.25) is 0 Å². The standard InChI is InChI=1S/C24H35FN2O2/c1-14-10-17-18(5-8-24(3)20(17)12-21(25)22(24)28)23(2)7-4-15(11-19(14)23)27-29-16-6-9-26-13-16/h16-21,26H,1,4-13H2,2-3H3/p+1/t16-,17?,18?,19-,20?,21-,23-,24+/m1/s1. The monoisotopic (exact) mass is 403 g/mol. The molecule has 0 aromatic carbocycles. The Hall–Kier alpha value is -1.23. The molecule has 4 nitrogen and oxygen atoms in total. The Labute approximate surface area is 173 Å². The number of hydrogen-bond donors (Lipinski definition) is 1. The van der Waals surface area contributed by atoms with Crippen LogP contribution in [-0.4, -0.2) is 36.9 Å². The summed E-state index contributed by atoms with van der Waals surface area (Å²) in [6, 6.07) is 0. The van der Waals surface area contributed by atoms with Crippen molar-refractivity contribution >= 4 is 11.5 Å². The van der Waals surface area contributed by atoms with Gasteiger partial charge in [-0.1, -0.05) is 31.2 Å². The second-order valence-electron chi connectivity index (χ2n) is 11.0. The summed E-state index contributed by atoms with van der Waals surface area (Å²) >= 11 is 0. The van der Waals surface area contributed by atoms with E-state index in [9.17, 15) is 9.18 Å². The Morgan fingerprint density at radius 1 is 1.21 bits per heavy atom. The van der Waals surface area contributed by atoms with Gasteiger partial charge in [-0.25, -0.2) is 4.39 Å². The van der Waals surface area contributed by atoms with E-state index in [1.54, 1.807) is 0 Å². The number of carbonyl (C=O) groups is 1. The molecule has 0 aromatic heterocycles. The number of carbonyl (C=O) groups excluding carboxylic acids is 1. The molecule has 4 saturated carbocycles. The molecular weight excluding hydrogens is 367 g/mol. The normalized spacial score (nSPS) is 50.9. The van der Waals surface area contributed by atoms with Crippen LogP contribution in [0.5, 0.6) is 0 Å². The van der Waals surface area contributed by atoms with Gasteiger partial charge in [0.1, 0.15) is 6.54 Å². The maximum atomic E-state index is 14.4. The van der Waals surface area contributed by atoms with Gasteiger partial charge in [-0.2, -0.15) is 0 Å². The summed E-state index contributed by atoms with van der Waals surface area (Å²) < 4.78 is 14.4. The van der Waals surface area contributed by atoms with Crippen LogP contribution in [0.1, 0.15) is 65.2 Å². The number of ketones is 1. The van der Waals surface area contributed by atoms with E-state index in [1.807, 2.05) is 6.92 Å². The number of halogens is 1. The van der Waals surface area contributed by atoms with Crippen molar-refractivity contribution in [2.75, 3.05) is 13.1 Å². The molecule has 0 spiro atoms. The highest BCUT2D eigenvalue weighted by molar-refractivity contribution is 5.91. The number of oxime groups is 1. The van der Waals surface area contributed by atoms with Crippen molar-refractivity contribution in [1.29, 1.82) is 0 Å². The van der Waals surface area contributed by atoms with Gasteiger partial charge in [0.15, 0.2) is 18.1 Å². The van der Waals surface area contributed by atoms with Crippen LogP contribution >= 0.6 is 0 Å². The molecule has 0 aromatic rings. The van der Waals surface area contributed by atoms with Crippen LogP contribution in [0.2, 0.25) is 0 Å². The number of nitrogens with zero attached hydrogens (tertiary/aromatic N) is 1. The summed E-state index contributed by atoms with van der Waals surface area (Å²) in [5.41, 5.74) is 2.24. The predicted molar refractivity (Wildman–Crippen MR) is 110 cm³/mol. The SMILES string of the molecule is C=C1CC2C3C[C@@H](F)C(=O)[C@@]3(C)CCC2[C@@]2(C)CCC(=NO[C@@H]3CC[NH2+]C3)C[C@H]12. The topological polar surface area (TPSA) is 55.3 Å². The number of alkyl halides is 1. The number of nitrogens with two attached hydrogens (primary N) is 1. The van der Waals surface area contributed by atoms with Crippen LogP contribution in [0.15, 0.2) is 17.3 Å². The zero-order chi connectivity index (χ0) is 20.4. The number of allylic oxidation sites excluding steroid dienone is 1. The highest BCUT2D eigenvalue weighted by Crippen LogP contribution is 2.66. The van der Waals surface area contributed by atoms with E-state index in [4.69, 9.17) is 4.84 Å². The second-order valence-corrected chi connectivity index (χ2v) is 11.0. The Morgan fingerprint density at radius 2 is 2.03 bits per heavy atom. The van der Waals surface area contributed by atoms with Crippen molar-refractivity contribution in [2.45, 2.75) is 77.5 Å². The fraction of sp³-hybridized carbons (Fsp3) is 0.833. The van der Waals surface area contributed by atoms with Crippen LogP contribution < -0.4 is 5.32 Å². The van der Waals surface area contributed by atoms with Crippen LogP contribution in [0.4, 0.5) is 4.39 Å². The Morgan fingerprint density at radius 3 is 2.79 bits per heavy atom. The first-order valence-corrected chi connectivity index (χ1v) is 11.7. The molecule has 5 rings (SSSR count). The van der Waals surface area contributed by atoms with Crippen LogP contribution in [-0.2, 0) is 9.63 Å². The van der Waals surface area contributed by atoms with E-state index in [-0.39, 0.29) is 23.2 Å². The first-order valence-electron chi connectivity index (χ1n) is 11.7. The molecule has 5 heteroatoms. The largest absolute Gasteiger partial charge is 0.386 e. The second kappa shape index (κ2) is 6.90. The third kappa shape index (κ3) is 2.94. The maximum absolute atomic E-state index is 14.4. The van der Waals surface area contributed by atoms with Gasteiger partial charge >= 0.3 is 0 Å². The summed E-state index contributed by atoms with van der Waals surface area (Å²) in [5.74, 6) is 1.49.